The highest BCUT2D eigenvalue weighted by Gasteiger charge is 2.22. The fraction of sp³-hybridized carbons (Fsp3) is 0.174. The zero-order valence-corrected chi connectivity index (χ0v) is 17.0. The number of nitrogens with one attached hydrogen (secondary N) is 1. The lowest BCUT2D eigenvalue weighted by atomic mass is 10.0. The highest BCUT2D eigenvalue weighted by atomic mass is 32.1. The van der Waals surface area contributed by atoms with Gasteiger partial charge in [-0.25, -0.2) is 9.78 Å². The third-order valence-corrected chi connectivity index (χ3v) is 5.76. The molecule has 1 aliphatic heterocycles. The third kappa shape index (κ3) is 4.27. The Bertz CT molecular complexity index is 1130. The number of benzene rings is 2. The molecule has 1 saturated heterocycles. The second-order valence-electron chi connectivity index (χ2n) is 6.83. The maximum Gasteiger partial charge on any atom is 0.323 e. The van der Waals surface area contributed by atoms with Gasteiger partial charge < -0.3 is 9.80 Å². The minimum Gasteiger partial charge on any atom is -0.368 e. The van der Waals surface area contributed by atoms with E-state index in [-0.39, 0.29) is 6.03 Å². The molecule has 1 aromatic heterocycles. The first-order valence-corrected chi connectivity index (χ1v) is 10.4. The number of piperazine rings is 1. The zero-order chi connectivity index (χ0) is 20.9. The van der Waals surface area contributed by atoms with Gasteiger partial charge in [0.1, 0.15) is 5.82 Å². The predicted octanol–water partition coefficient (Wildman–Crippen LogP) is 4.02. The van der Waals surface area contributed by atoms with Gasteiger partial charge in [0.05, 0.1) is 11.6 Å². The Morgan fingerprint density at radius 3 is 2.53 bits per heavy atom. The summed E-state index contributed by atoms with van der Waals surface area (Å²) in [5.74, 6) is 2.96. The minimum absolute atomic E-state index is 0.156. The number of nitrogens with zero attached hydrogens (tertiary/aromatic N) is 4. The highest BCUT2D eigenvalue weighted by molar-refractivity contribution is 7.10. The minimum atomic E-state index is -0.156. The van der Waals surface area contributed by atoms with Crippen molar-refractivity contribution in [1.82, 2.24) is 9.88 Å². The maximum atomic E-state index is 12.4. The molecule has 1 fully saturated rings. The summed E-state index contributed by atoms with van der Waals surface area (Å²) in [5, 5.41) is 14.2. The van der Waals surface area contributed by atoms with E-state index in [1.165, 1.54) is 11.3 Å². The van der Waals surface area contributed by atoms with Crippen LogP contribution in [-0.2, 0) is 0 Å². The molecule has 2 amide bonds. The number of nitriles is 1. The van der Waals surface area contributed by atoms with E-state index in [1.54, 1.807) is 16.3 Å². The second kappa shape index (κ2) is 8.69. The maximum absolute atomic E-state index is 12.4. The van der Waals surface area contributed by atoms with E-state index in [0.717, 1.165) is 29.9 Å². The summed E-state index contributed by atoms with van der Waals surface area (Å²) >= 11 is 1.33. The van der Waals surface area contributed by atoms with E-state index in [9.17, 15) is 4.79 Å². The number of carbonyl (C=O) groups is 1. The molecule has 3 aromatic rings. The van der Waals surface area contributed by atoms with Gasteiger partial charge in [0, 0.05) is 37.2 Å². The van der Waals surface area contributed by atoms with Crippen molar-refractivity contribution in [3.63, 3.8) is 0 Å². The zero-order valence-electron chi connectivity index (χ0n) is 16.2. The van der Waals surface area contributed by atoms with Gasteiger partial charge in [-0.1, -0.05) is 24.3 Å². The van der Waals surface area contributed by atoms with Crippen LogP contribution in [0.4, 0.5) is 16.3 Å². The number of rotatable bonds is 3. The Morgan fingerprint density at radius 1 is 1.10 bits per heavy atom. The first kappa shape index (κ1) is 19.5. The van der Waals surface area contributed by atoms with Gasteiger partial charge in [-0.3, -0.25) is 5.32 Å². The Labute approximate surface area is 179 Å². The molecule has 0 saturated carbocycles. The van der Waals surface area contributed by atoms with E-state index in [1.807, 2.05) is 18.2 Å². The summed E-state index contributed by atoms with van der Waals surface area (Å²) in [6.07, 6.45) is 5.32. The van der Waals surface area contributed by atoms with Crippen LogP contribution in [0.25, 0.3) is 11.1 Å². The molecule has 0 unspecified atom stereocenters. The molecule has 7 heteroatoms. The molecule has 6 nitrogen and oxygen atoms in total. The van der Waals surface area contributed by atoms with Crippen molar-refractivity contribution in [2.45, 2.75) is 0 Å². The number of anilines is 2. The Balaban J connectivity index is 1.35. The van der Waals surface area contributed by atoms with Gasteiger partial charge in [0.15, 0.2) is 5.01 Å². The molecule has 0 radical (unpaired) electrons. The van der Waals surface area contributed by atoms with E-state index >= 15 is 0 Å². The van der Waals surface area contributed by atoms with Crippen LogP contribution in [0, 0.1) is 23.7 Å². The van der Waals surface area contributed by atoms with Crippen LogP contribution in [0.3, 0.4) is 0 Å². The van der Waals surface area contributed by atoms with Gasteiger partial charge in [-0.15, -0.1) is 17.8 Å². The lowest BCUT2D eigenvalue weighted by Crippen LogP contribution is -2.50. The molecular formula is C23H19N5OS. The Kier molecular flexibility index (Phi) is 5.65. The van der Waals surface area contributed by atoms with Crippen molar-refractivity contribution in [3.05, 3.63) is 64.5 Å². The summed E-state index contributed by atoms with van der Waals surface area (Å²) in [7, 11) is 0. The topological polar surface area (TPSA) is 72.3 Å². The second-order valence-corrected chi connectivity index (χ2v) is 7.68. The van der Waals surface area contributed by atoms with Crippen LogP contribution in [0.1, 0.15) is 10.6 Å². The number of aromatic nitrogens is 1. The van der Waals surface area contributed by atoms with Crippen LogP contribution in [0.2, 0.25) is 0 Å². The molecule has 148 valence electrons. The standard InChI is InChI=1S/C23H19N5OS/c1-2-22-25-21(16-30-22)26-23(29)28-12-10-27(11-13-28)20-8-6-18(7-9-20)19-5-3-4-17(14-19)15-24/h1,3-9,14,16H,10-13H2,(H,26,29). The van der Waals surface area contributed by atoms with Crippen LogP contribution >= 0.6 is 11.3 Å². The highest BCUT2D eigenvalue weighted by Crippen LogP contribution is 2.25. The molecule has 4 rings (SSSR count). The number of hydrogen-bond donors (Lipinski definition) is 1. The summed E-state index contributed by atoms with van der Waals surface area (Å²) < 4.78 is 0. The molecule has 1 N–H and O–H groups in total. The quantitative estimate of drug-likeness (QED) is 0.659. The number of terminal acetylenes is 1. The summed E-state index contributed by atoms with van der Waals surface area (Å²) in [5.41, 5.74) is 3.87. The molecule has 0 bridgehead atoms. The van der Waals surface area contributed by atoms with Crippen LogP contribution in [-0.4, -0.2) is 42.1 Å². The average molecular weight is 414 g/mol. The van der Waals surface area contributed by atoms with Crippen molar-refractivity contribution in [3.8, 4) is 29.5 Å². The number of carbonyl (C=O) groups excluding carboxylic acids is 1. The first-order chi connectivity index (χ1) is 14.7. The summed E-state index contributed by atoms with van der Waals surface area (Å²) in [4.78, 5) is 20.7. The number of hydrogen-bond acceptors (Lipinski definition) is 5. The van der Waals surface area contributed by atoms with Gasteiger partial charge in [-0.05, 0) is 41.3 Å². The number of thiazole rings is 1. The number of urea groups is 1. The van der Waals surface area contributed by atoms with Crippen molar-refractivity contribution >= 4 is 28.9 Å². The van der Waals surface area contributed by atoms with Gasteiger partial charge in [-0.2, -0.15) is 5.26 Å². The first-order valence-electron chi connectivity index (χ1n) is 9.50. The van der Waals surface area contributed by atoms with Crippen molar-refractivity contribution in [2.75, 3.05) is 36.4 Å². The molecule has 0 spiro atoms. The molecule has 0 aliphatic carbocycles. The van der Waals surface area contributed by atoms with E-state index in [4.69, 9.17) is 11.7 Å². The average Bonchev–Trinajstić information content (AvgIpc) is 3.27. The van der Waals surface area contributed by atoms with Crippen LogP contribution in [0.5, 0.6) is 0 Å². The summed E-state index contributed by atoms with van der Waals surface area (Å²) in [6, 6.07) is 17.9. The fourth-order valence-electron chi connectivity index (χ4n) is 3.39. The lowest BCUT2D eigenvalue weighted by Gasteiger charge is -2.36. The Morgan fingerprint density at radius 2 is 1.87 bits per heavy atom. The lowest BCUT2D eigenvalue weighted by molar-refractivity contribution is 0.208. The van der Waals surface area contributed by atoms with Crippen LogP contribution in [0.15, 0.2) is 53.9 Å². The van der Waals surface area contributed by atoms with Gasteiger partial charge in [0.2, 0.25) is 0 Å². The number of amides is 2. The molecular weight excluding hydrogens is 394 g/mol. The SMILES string of the molecule is C#Cc1nc(NC(=O)N2CCN(c3ccc(-c4cccc(C#N)c4)cc3)CC2)cs1. The molecule has 30 heavy (non-hydrogen) atoms. The molecule has 1 aliphatic rings. The largest absolute Gasteiger partial charge is 0.368 e. The Hall–Kier alpha value is -3.81. The fourth-order valence-corrected chi connectivity index (χ4v) is 3.94. The van der Waals surface area contributed by atoms with Gasteiger partial charge >= 0.3 is 6.03 Å². The molecule has 2 aromatic carbocycles. The van der Waals surface area contributed by atoms with E-state index in [2.05, 4.69) is 51.5 Å². The summed E-state index contributed by atoms with van der Waals surface area (Å²) in [6.45, 7) is 2.76. The smallest absolute Gasteiger partial charge is 0.323 e. The van der Waals surface area contributed by atoms with Crippen molar-refractivity contribution in [2.24, 2.45) is 0 Å². The van der Waals surface area contributed by atoms with Crippen molar-refractivity contribution in [1.29, 1.82) is 5.26 Å². The third-order valence-electron chi connectivity index (χ3n) is 4.99. The van der Waals surface area contributed by atoms with Crippen molar-refractivity contribution < 1.29 is 4.79 Å². The van der Waals surface area contributed by atoms with E-state index in [0.29, 0.717) is 29.5 Å². The van der Waals surface area contributed by atoms with Crippen LogP contribution < -0.4 is 10.2 Å². The van der Waals surface area contributed by atoms with E-state index < -0.39 is 0 Å². The normalized spacial score (nSPS) is 13.4. The molecule has 0 atom stereocenters. The van der Waals surface area contributed by atoms with Gasteiger partial charge in [0.25, 0.3) is 0 Å². The predicted molar refractivity (Wildman–Crippen MR) is 119 cm³/mol. The molecule has 2 heterocycles. The monoisotopic (exact) mass is 413 g/mol.